The molecule has 0 saturated carbocycles. The fraction of sp³-hybridized carbons (Fsp3) is 0.231. The lowest BCUT2D eigenvalue weighted by molar-refractivity contribution is 0.0593. The van der Waals surface area contributed by atoms with E-state index in [1.54, 1.807) is 17.2 Å². The van der Waals surface area contributed by atoms with Crippen molar-refractivity contribution in [3.8, 4) is 0 Å². The van der Waals surface area contributed by atoms with E-state index in [-0.39, 0.29) is 17.4 Å². The van der Waals surface area contributed by atoms with Gasteiger partial charge in [0.15, 0.2) is 0 Å². The second-order valence-corrected chi connectivity index (χ2v) is 5.13. The van der Waals surface area contributed by atoms with Crippen molar-refractivity contribution >= 4 is 16.9 Å². The minimum absolute atomic E-state index is 0.0675. The molecule has 3 aromatic rings. The van der Waals surface area contributed by atoms with Gasteiger partial charge in [-0.2, -0.15) is 0 Å². The van der Waals surface area contributed by atoms with E-state index in [0.29, 0.717) is 24.4 Å². The zero-order valence-electron chi connectivity index (χ0n) is 11.0. The molecule has 0 bridgehead atoms. The van der Waals surface area contributed by atoms with Crippen molar-refractivity contribution in [1.82, 2.24) is 30.0 Å². The maximum Gasteiger partial charge on any atom is 0.270 e. The highest BCUT2D eigenvalue weighted by Crippen LogP contribution is 2.26. The summed E-state index contributed by atoms with van der Waals surface area (Å²) in [6, 6.07) is 3.29. The average Bonchev–Trinajstić information content (AvgIpc) is 3.03. The first kappa shape index (κ1) is 11.9. The topological polar surface area (TPSA) is 111 Å². The first-order valence-electron chi connectivity index (χ1n) is 6.56. The Bertz CT molecular complexity index is 837. The van der Waals surface area contributed by atoms with E-state index < -0.39 is 0 Å². The van der Waals surface area contributed by atoms with Crippen molar-refractivity contribution in [1.29, 1.82) is 0 Å². The van der Waals surface area contributed by atoms with E-state index in [1.165, 1.54) is 12.4 Å². The molecule has 0 atom stereocenters. The third-order valence-electron chi connectivity index (χ3n) is 3.75. The van der Waals surface area contributed by atoms with Crippen LogP contribution in [-0.4, -0.2) is 49.0 Å². The van der Waals surface area contributed by atoms with Crippen molar-refractivity contribution in [3.63, 3.8) is 0 Å². The lowest BCUT2D eigenvalue weighted by Gasteiger charge is -2.38. The SMILES string of the molecule is O=C(c1cc2cncnc2[nH]1)N1CC(c2cc(=O)[nH][nH]2)C1. The monoisotopic (exact) mass is 284 g/mol. The van der Waals surface area contributed by atoms with Crippen molar-refractivity contribution in [3.05, 3.63) is 46.4 Å². The van der Waals surface area contributed by atoms with Gasteiger partial charge in [-0.25, -0.2) is 9.97 Å². The Labute approximate surface area is 118 Å². The fourth-order valence-electron chi connectivity index (χ4n) is 2.56. The number of rotatable bonds is 2. The Hall–Kier alpha value is -2.90. The standard InChI is InChI=1S/C13H12N6O2/c20-11-2-9(17-18-11)8-4-19(5-8)13(21)10-1-7-3-14-6-15-12(7)16-10/h1-3,6,8H,4-5H2,(H,14,15,16)(H2,17,18,20). The molecule has 0 spiro atoms. The van der Waals surface area contributed by atoms with Crippen LogP contribution in [0.2, 0.25) is 0 Å². The van der Waals surface area contributed by atoms with Gasteiger partial charge in [-0.1, -0.05) is 0 Å². The zero-order chi connectivity index (χ0) is 14.4. The van der Waals surface area contributed by atoms with Gasteiger partial charge in [0.25, 0.3) is 11.5 Å². The van der Waals surface area contributed by atoms with Gasteiger partial charge in [0.1, 0.15) is 17.7 Å². The van der Waals surface area contributed by atoms with Crippen LogP contribution in [0.15, 0.2) is 29.5 Å². The first-order valence-corrected chi connectivity index (χ1v) is 6.56. The average molecular weight is 284 g/mol. The van der Waals surface area contributed by atoms with Crippen LogP contribution in [0.5, 0.6) is 0 Å². The molecule has 21 heavy (non-hydrogen) atoms. The predicted molar refractivity (Wildman–Crippen MR) is 73.9 cm³/mol. The number of nitrogens with one attached hydrogen (secondary N) is 3. The number of carbonyl (C=O) groups excluding carboxylic acids is 1. The lowest BCUT2D eigenvalue weighted by atomic mass is 9.96. The van der Waals surface area contributed by atoms with E-state index >= 15 is 0 Å². The van der Waals surface area contributed by atoms with E-state index in [4.69, 9.17) is 0 Å². The van der Waals surface area contributed by atoms with Gasteiger partial charge >= 0.3 is 0 Å². The van der Waals surface area contributed by atoms with Gasteiger partial charge in [-0.3, -0.25) is 14.7 Å². The highest BCUT2D eigenvalue weighted by atomic mass is 16.2. The molecule has 8 nitrogen and oxygen atoms in total. The van der Waals surface area contributed by atoms with Crippen LogP contribution < -0.4 is 5.56 Å². The summed E-state index contributed by atoms with van der Waals surface area (Å²) in [5.41, 5.74) is 1.85. The Kier molecular flexibility index (Phi) is 2.44. The number of aromatic amines is 3. The van der Waals surface area contributed by atoms with Crippen LogP contribution in [0.1, 0.15) is 22.1 Å². The maximum atomic E-state index is 12.3. The molecule has 1 aliphatic heterocycles. The predicted octanol–water partition coefficient (Wildman–Crippen LogP) is 0.214. The molecular formula is C13H12N6O2. The number of carbonyl (C=O) groups is 1. The van der Waals surface area contributed by atoms with Gasteiger partial charge in [0.2, 0.25) is 0 Å². The first-order chi connectivity index (χ1) is 10.2. The van der Waals surface area contributed by atoms with Gasteiger partial charge < -0.3 is 15.0 Å². The Balaban J connectivity index is 1.50. The van der Waals surface area contributed by atoms with Crippen LogP contribution in [0.25, 0.3) is 11.0 Å². The summed E-state index contributed by atoms with van der Waals surface area (Å²) in [7, 11) is 0. The van der Waals surface area contributed by atoms with E-state index in [9.17, 15) is 9.59 Å². The molecule has 3 N–H and O–H groups in total. The molecule has 3 aromatic heterocycles. The molecule has 1 fully saturated rings. The molecule has 1 amide bonds. The molecule has 4 rings (SSSR count). The fourth-order valence-corrected chi connectivity index (χ4v) is 2.56. The Morgan fingerprint density at radius 1 is 1.29 bits per heavy atom. The van der Waals surface area contributed by atoms with E-state index in [2.05, 4.69) is 25.1 Å². The third kappa shape index (κ3) is 1.92. The van der Waals surface area contributed by atoms with Gasteiger partial charge in [-0.15, -0.1) is 0 Å². The number of hydrogen-bond donors (Lipinski definition) is 3. The largest absolute Gasteiger partial charge is 0.336 e. The number of likely N-dealkylation sites (tertiary alicyclic amines) is 1. The Morgan fingerprint density at radius 2 is 2.14 bits per heavy atom. The summed E-state index contributed by atoms with van der Waals surface area (Å²) < 4.78 is 0. The number of hydrogen-bond acceptors (Lipinski definition) is 4. The molecular weight excluding hydrogens is 272 g/mol. The number of H-pyrrole nitrogens is 3. The molecule has 8 heteroatoms. The summed E-state index contributed by atoms with van der Waals surface area (Å²) in [6.07, 6.45) is 3.11. The van der Waals surface area contributed by atoms with Gasteiger partial charge in [0.05, 0.1) is 0 Å². The van der Waals surface area contributed by atoms with Crippen LogP contribution in [0.4, 0.5) is 0 Å². The van der Waals surface area contributed by atoms with Crippen molar-refractivity contribution in [2.24, 2.45) is 0 Å². The number of aromatic nitrogens is 5. The van der Waals surface area contributed by atoms with Crippen molar-refractivity contribution in [2.75, 3.05) is 13.1 Å². The smallest absolute Gasteiger partial charge is 0.270 e. The van der Waals surface area contributed by atoms with Gasteiger partial charge in [-0.05, 0) is 6.07 Å². The summed E-state index contributed by atoms with van der Waals surface area (Å²) >= 11 is 0. The molecule has 0 unspecified atom stereocenters. The Morgan fingerprint density at radius 3 is 2.86 bits per heavy atom. The highest BCUT2D eigenvalue weighted by molar-refractivity contribution is 5.97. The van der Waals surface area contributed by atoms with Crippen LogP contribution in [-0.2, 0) is 0 Å². The van der Waals surface area contributed by atoms with Crippen LogP contribution in [0.3, 0.4) is 0 Å². The summed E-state index contributed by atoms with van der Waals surface area (Å²) in [4.78, 5) is 36.2. The molecule has 4 heterocycles. The molecule has 0 aliphatic carbocycles. The minimum atomic E-state index is -0.149. The quantitative estimate of drug-likeness (QED) is 0.624. The number of nitrogens with zero attached hydrogens (tertiary/aromatic N) is 3. The second-order valence-electron chi connectivity index (χ2n) is 5.13. The molecule has 1 aliphatic rings. The maximum absolute atomic E-state index is 12.3. The van der Waals surface area contributed by atoms with Crippen molar-refractivity contribution < 1.29 is 4.79 Å². The van der Waals surface area contributed by atoms with E-state index in [0.717, 1.165) is 11.1 Å². The number of fused-ring (bicyclic) bond motifs is 1. The van der Waals surface area contributed by atoms with Crippen molar-refractivity contribution in [2.45, 2.75) is 5.92 Å². The summed E-state index contributed by atoms with van der Waals surface area (Å²) in [5.74, 6) is 0.110. The van der Waals surface area contributed by atoms with Crippen LogP contribution in [0, 0.1) is 0 Å². The van der Waals surface area contributed by atoms with Crippen LogP contribution >= 0.6 is 0 Å². The molecule has 106 valence electrons. The van der Waals surface area contributed by atoms with E-state index in [1.807, 2.05) is 0 Å². The molecule has 0 aromatic carbocycles. The second kappa shape index (κ2) is 4.30. The van der Waals surface area contributed by atoms with Gasteiger partial charge in [0, 0.05) is 42.4 Å². The zero-order valence-corrected chi connectivity index (χ0v) is 11.0. The molecule has 0 radical (unpaired) electrons. The highest BCUT2D eigenvalue weighted by Gasteiger charge is 2.33. The minimum Gasteiger partial charge on any atom is -0.336 e. The summed E-state index contributed by atoms with van der Waals surface area (Å²) in [5, 5.41) is 6.15. The summed E-state index contributed by atoms with van der Waals surface area (Å²) in [6.45, 7) is 1.18. The normalized spacial score (nSPS) is 15.3. The lowest BCUT2D eigenvalue weighted by Crippen LogP contribution is -2.48. The molecule has 1 saturated heterocycles. The number of amides is 1. The third-order valence-corrected chi connectivity index (χ3v) is 3.75.